The lowest BCUT2D eigenvalue weighted by molar-refractivity contribution is 0.198. The Morgan fingerprint density at radius 3 is 2.55 bits per heavy atom. The second-order valence-corrected chi connectivity index (χ2v) is 7.82. The van der Waals surface area contributed by atoms with Gasteiger partial charge in [-0.2, -0.15) is 0 Å². The quantitative estimate of drug-likeness (QED) is 0.341. The number of rotatable bonds is 6. The fourth-order valence-electron chi connectivity index (χ4n) is 3.82. The third kappa shape index (κ3) is 7.33. The van der Waals surface area contributed by atoms with Crippen molar-refractivity contribution >= 4 is 29.9 Å². The van der Waals surface area contributed by atoms with Crippen LogP contribution >= 0.6 is 24.0 Å². The van der Waals surface area contributed by atoms with Crippen LogP contribution in [0, 0.1) is 20.8 Å². The molecule has 1 aromatic carbocycles. The van der Waals surface area contributed by atoms with Crippen molar-refractivity contribution in [2.75, 3.05) is 19.6 Å². The van der Waals surface area contributed by atoms with Gasteiger partial charge in [0.05, 0.1) is 6.54 Å². The van der Waals surface area contributed by atoms with Gasteiger partial charge in [0, 0.05) is 37.8 Å². The largest absolute Gasteiger partial charge is 0.466 e. The lowest BCUT2D eigenvalue weighted by Crippen LogP contribution is -2.48. The molecule has 3 rings (SSSR count). The van der Waals surface area contributed by atoms with Crippen LogP contribution in [-0.2, 0) is 13.1 Å². The average Bonchev–Trinajstić information content (AvgIpc) is 2.99. The summed E-state index contributed by atoms with van der Waals surface area (Å²) in [6.45, 7) is 13.0. The van der Waals surface area contributed by atoms with Crippen LogP contribution < -0.4 is 10.6 Å². The lowest BCUT2D eigenvalue weighted by Gasteiger charge is -2.33. The number of aryl methyl sites for hydroxylation is 3. The molecular weight excluding hydrogens is 475 g/mol. The van der Waals surface area contributed by atoms with Crippen molar-refractivity contribution in [2.45, 2.75) is 59.7 Å². The van der Waals surface area contributed by atoms with Crippen molar-refractivity contribution in [1.82, 2.24) is 15.5 Å². The van der Waals surface area contributed by atoms with Crippen LogP contribution in [0.1, 0.15) is 48.0 Å². The first-order valence-corrected chi connectivity index (χ1v) is 10.4. The van der Waals surface area contributed by atoms with Crippen molar-refractivity contribution in [3.63, 3.8) is 0 Å². The smallest absolute Gasteiger partial charge is 0.191 e. The first kappa shape index (κ1) is 23.7. The summed E-state index contributed by atoms with van der Waals surface area (Å²) in [7, 11) is 0. The minimum atomic E-state index is 0. The van der Waals surface area contributed by atoms with Crippen molar-refractivity contribution in [2.24, 2.45) is 4.99 Å². The van der Waals surface area contributed by atoms with Gasteiger partial charge < -0.3 is 15.1 Å². The summed E-state index contributed by atoms with van der Waals surface area (Å²) in [5.41, 5.74) is 3.90. The number of aliphatic imine (C=N–C) groups is 1. The normalized spacial score (nSPS) is 15.8. The standard InChI is InChI=1S/C23H34N4O.HI/c1-5-24-23(25-15-21-14-18(3)28-19(21)4)26-22-9-11-27(12-10-22)16-20-8-6-7-17(2)13-20;/h6-8,13-14,22H,5,9-12,15-16H2,1-4H3,(H2,24,25,26);1H. The molecule has 2 heterocycles. The highest BCUT2D eigenvalue weighted by Gasteiger charge is 2.20. The number of likely N-dealkylation sites (tertiary alicyclic amines) is 1. The molecule has 2 aromatic rings. The molecule has 1 aliphatic heterocycles. The molecule has 0 atom stereocenters. The third-order valence-corrected chi connectivity index (χ3v) is 5.31. The summed E-state index contributed by atoms with van der Waals surface area (Å²) in [4.78, 5) is 7.32. The molecule has 5 nitrogen and oxygen atoms in total. The number of halogens is 1. The number of hydrogen-bond acceptors (Lipinski definition) is 3. The second-order valence-electron chi connectivity index (χ2n) is 7.82. The summed E-state index contributed by atoms with van der Waals surface area (Å²) in [6.07, 6.45) is 2.28. The van der Waals surface area contributed by atoms with E-state index >= 15 is 0 Å². The fourth-order valence-corrected chi connectivity index (χ4v) is 3.82. The predicted molar refractivity (Wildman–Crippen MR) is 131 cm³/mol. The second kappa shape index (κ2) is 11.6. The molecule has 0 unspecified atom stereocenters. The zero-order chi connectivity index (χ0) is 19.9. The molecule has 29 heavy (non-hydrogen) atoms. The molecule has 1 aromatic heterocycles. The van der Waals surface area contributed by atoms with E-state index in [1.165, 1.54) is 11.1 Å². The van der Waals surface area contributed by atoms with E-state index in [-0.39, 0.29) is 24.0 Å². The van der Waals surface area contributed by atoms with E-state index in [0.29, 0.717) is 12.6 Å². The molecule has 0 amide bonds. The molecular formula is C23H35IN4O. The number of guanidine groups is 1. The molecule has 0 radical (unpaired) electrons. The summed E-state index contributed by atoms with van der Waals surface area (Å²) in [6, 6.07) is 11.4. The minimum Gasteiger partial charge on any atom is -0.466 e. The van der Waals surface area contributed by atoms with Gasteiger partial charge in [0.25, 0.3) is 0 Å². The van der Waals surface area contributed by atoms with E-state index in [0.717, 1.165) is 62.1 Å². The average molecular weight is 510 g/mol. The maximum absolute atomic E-state index is 5.61. The number of nitrogens with zero attached hydrogens (tertiary/aromatic N) is 2. The number of nitrogens with one attached hydrogen (secondary N) is 2. The molecule has 2 N–H and O–H groups in total. The maximum Gasteiger partial charge on any atom is 0.191 e. The Bertz CT molecular complexity index is 794. The van der Waals surface area contributed by atoms with Gasteiger partial charge >= 0.3 is 0 Å². The van der Waals surface area contributed by atoms with Crippen molar-refractivity contribution < 1.29 is 4.42 Å². The molecule has 6 heteroatoms. The van der Waals surface area contributed by atoms with Crippen molar-refractivity contribution in [3.05, 3.63) is 58.5 Å². The van der Waals surface area contributed by atoms with Gasteiger partial charge in [-0.05, 0) is 52.2 Å². The summed E-state index contributed by atoms with van der Waals surface area (Å²) in [5.74, 6) is 2.81. The number of piperidine rings is 1. The topological polar surface area (TPSA) is 52.8 Å². The monoisotopic (exact) mass is 510 g/mol. The number of hydrogen-bond donors (Lipinski definition) is 2. The Hall–Kier alpha value is -1.54. The molecule has 160 valence electrons. The Balaban J connectivity index is 0.00000300. The number of furan rings is 1. The highest BCUT2D eigenvalue weighted by molar-refractivity contribution is 14.0. The van der Waals surface area contributed by atoms with Crippen LogP contribution in [0.5, 0.6) is 0 Å². The van der Waals surface area contributed by atoms with Crippen LogP contribution in [0.3, 0.4) is 0 Å². The van der Waals surface area contributed by atoms with E-state index in [1.807, 2.05) is 13.8 Å². The van der Waals surface area contributed by atoms with E-state index in [2.05, 4.69) is 59.7 Å². The molecule has 1 aliphatic rings. The molecule has 1 fully saturated rings. The van der Waals surface area contributed by atoms with Crippen molar-refractivity contribution in [3.8, 4) is 0 Å². The van der Waals surface area contributed by atoms with Crippen LogP contribution in [0.25, 0.3) is 0 Å². The SMILES string of the molecule is CCNC(=NCc1cc(C)oc1C)NC1CCN(Cc2cccc(C)c2)CC1.I. The molecule has 0 spiro atoms. The number of benzene rings is 1. The van der Waals surface area contributed by atoms with Gasteiger partial charge in [0.15, 0.2) is 5.96 Å². The van der Waals surface area contributed by atoms with Crippen LogP contribution in [-0.4, -0.2) is 36.5 Å². The molecule has 0 bridgehead atoms. The van der Waals surface area contributed by atoms with Crippen molar-refractivity contribution in [1.29, 1.82) is 0 Å². The van der Waals surface area contributed by atoms with Gasteiger partial charge in [-0.25, -0.2) is 4.99 Å². The molecule has 0 aliphatic carbocycles. The van der Waals surface area contributed by atoms with Gasteiger partial charge in [-0.15, -0.1) is 24.0 Å². The Morgan fingerprint density at radius 1 is 1.17 bits per heavy atom. The predicted octanol–water partition coefficient (Wildman–Crippen LogP) is 4.54. The summed E-state index contributed by atoms with van der Waals surface area (Å²) >= 11 is 0. The van der Waals surface area contributed by atoms with Crippen LogP contribution in [0.15, 0.2) is 39.7 Å². The molecule has 1 saturated heterocycles. The highest BCUT2D eigenvalue weighted by Crippen LogP contribution is 2.16. The van der Waals surface area contributed by atoms with E-state index in [4.69, 9.17) is 9.41 Å². The first-order valence-electron chi connectivity index (χ1n) is 10.4. The van der Waals surface area contributed by atoms with Crippen LogP contribution in [0.2, 0.25) is 0 Å². The highest BCUT2D eigenvalue weighted by atomic mass is 127. The van der Waals surface area contributed by atoms with Crippen LogP contribution in [0.4, 0.5) is 0 Å². The Morgan fingerprint density at radius 2 is 1.93 bits per heavy atom. The van der Waals surface area contributed by atoms with E-state index in [9.17, 15) is 0 Å². The van der Waals surface area contributed by atoms with Gasteiger partial charge in [-0.1, -0.05) is 29.8 Å². The third-order valence-electron chi connectivity index (χ3n) is 5.31. The Labute approximate surface area is 192 Å². The summed E-state index contributed by atoms with van der Waals surface area (Å²) in [5, 5.41) is 7.01. The van der Waals surface area contributed by atoms with Gasteiger partial charge in [0.2, 0.25) is 0 Å². The van der Waals surface area contributed by atoms with E-state index in [1.54, 1.807) is 0 Å². The van der Waals surface area contributed by atoms with E-state index < -0.39 is 0 Å². The lowest BCUT2D eigenvalue weighted by atomic mass is 10.0. The minimum absolute atomic E-state index is 0. The fraction of sp³-hybridized carbons (Fsp3) is 0.522. The Kier molecular flexibility index (Phi) is 9.49. The first-order chi connectivity index (χ1) is 13.5. The zero-order valence-electron chi connectivity index (χ0n) is 18.1. The van der Waals surface area contributed by atoms with Gasteiger partial charge in [0.1, 0.15) is 11.5 Å². The summed E-state index contributed by atoms with van der Waals surface area (Å²) < 4.78 is 5.61. The van der Waals surface area contributed by atoms with Gasteiger partial charge in [-0.3, -0.25) is 4.90 Å². The molecule has 0 saturated carbocycles. The zero-order valence-corrected chi connectivity index (χ0v) is 20.5. The maximum atomic E-state index is 5.61.